The number of nitrogens with zero attached hydrogens (tertiary/aromatic N) is 1. The lowest BCUT2D eigenvalue weighted by Gasteiger charge is -2.23. The zero-order chi connectivity index (χ0) is 18.8. The second kappa shape index (κ2) is 7.74. The molecule has 5 nitrogen and oxygen atoms in total. The molecular weight excluding hydrogens is 358 g/mol. The number of likely N-dealkylation sites (N-methyl/N-ethyl adjacent to an activating group) is 1. The molecule has 1 saturated heterocycles. The third-order valence-electron chi connectivity index (χ3n) is 5.25. The lowest BCUT2D eigenvalue weighted by atomic mass is 10.1. The monoisotopic (exact) mass is 381 g/mol. The molecule has 2 aromatic carbocycles. The van der Waals surface area contributed by atoms with Crippen molar-refractivity contribution in [1.82, 2.24) is 10.2 Å². The first-order valence-corrected chi connectivity index (χ1v) is 10.2. The summed E-state index contributed by atoms with van der Waals surface area (Å²) in [5.74, 6) is -0.235. The van der Waals surface area contributed by atoms with E-state index in [2.05, 4.69) is 22.5 Å². The minimum atomic E-state index is -0.140. The van der Waals surface area contributed by atoms with E-state index in [-0.39, 0.29) is 11.8 Å². The zero-order valence-corrected chi connectivity index (χ0v) is 16.1. The molecule has 2 aliphatic heterocycles. The lowest BCUT2D eigenvalue weighted by molar-refractivity contribution is 0.0940. The molecular formula is C21H23N3O2S. The van der Waals surface area contributed by atoms with Gasteiger partial charge in [0.15, 0.2) is 0 Å². The molecule has 1 fully saturated rings. The Morgan fingerprint density at radius 1 is 1.26 bits per heavy atom. The summed E-state index contributed by atoms with van der Waals surface area (Å²) in [7, 11) is 0. The van der Waals surface area contributed by atoms with E-state index < -0.39 is 0 Å². The number of hydrogen-bond donors (Lipinski definition) is 2. The van der Waals surface area contributed by atoms with E-state index in [0.29, 0.717) is 29.4 Å². The van der Waals surface area contributed by atoms with Crippen LogP contribution in [0, 0.1) is 0 Å². The highest BCUT2D eigenvalue weighted by Crippen LogP contribution is 2.38. The molecule has 27 heavy (non-hydrogen) atoms. The van der Waals surface area contributed by atoms with Gasteiger partial charge in [-0.05, 0) is 56.3 Å². The summed E-state index contributed by atoms with van der Waals surface area (Å²) in [4.78, 5) is 29.4. The maximum atomic E-state index is 12.6. The van der Waals surface area contributed by atoms with Crippen LogP contribution in [0.2, 0.25) is 0 Å². The smallest absolute Gasteiger partial charge is 0.256 e. The van der Waals surface area contributed by atoms with Crippen molar-refractivity contribution in [3.05, 3.63) is 53.6 Å². The molecule has 2 heterocycles. The van der Waals surface area contributed by atoms with Gasteiger partial charge in [-0.2, -0.15) is 0 Å². The van der Waals surface area contributed by atoms with Crippen molar-refractivity contribution in [3.63, 3.8) is 0 Å². The molecule has 0 aliphatic carbocycles. The minimum Gasteiger partial charge on any atom is -0.350 e. The highest BCUT2D eigenvalue weighted by atomic mass is 32.2. The van der Waals surface area contributed by atoms with Crippen LogP contribution in [0.25, 0.3) is 0 Å². The molecule has 0 bridgehead atoms. The summed E-state index contributed by atoms with van der Waals surface area (Å²) in [5.41, 5.74) is 1.91. The summed E-state index contributed by atoms with van der Waals surface area (Å²) < 4.78 is 0. The van der Waals surface area contributed by atoms with Crippen LogP contribution in [0.5, 0.6) is 0 Å². The molecule has 2 amide bonds. The van der Waals surface area contributed by atoms with Crippen molar-refractivity contribution < 1.29 is 9.59 Å². The molecule has 2 N–H and O–H groups in total. The van der Waals surface area contributed by atoms with E-state index in [1.807, 2.05) is 36.4 Å². The molecule has 4 rings (SSSR count). The number of fused-ring (bicyclic) bond motifs is 2. The average molecular weight is 382 g/mol. The SMILES string of the molecule is CCN1CCC[C@@H]1CNC(=O)c1ccc2c(c1)NC(=O)c1ccccc1S2. The van der Waals surface area contributed by atoms with Gasteiger partial charge in [0, 0.05) is 27.9 Å². The third kappa shape index (κ3) is 3.73. The Kier molecular flexibility index (Phi) is 5.18. The van der Waals surface area contributed by atoms with Crippen molar-refractivity contribution in [2.24, 2.45) is 0 Å². The normalized spacial score (nSPS) is 19.0. The van der Waals surface area contributed by atoms with Gasteiger partial charge in [-0.3, -0.25) is 14.5 Å². The highest BCUT2D eigenvalue weighted by Gasteiger charge is 2.24. The maximum Gasteiger partial charge on any atom is 0.256 e. The number of carbonyl (C=O) groups is 2. The first kappa shape index (κ1) is 18.1. The van der Waals surface area contributed by atoms with Crippen LogP contribution in [-0.4, -0.2) is 42.4 Å². The Labute approximate surface area is 163 Å². The van der Waals surface area contributed by atoms with Gasteiger partial charge < -0.3 is 10.6 Å². The largest absolute Gasteiger partial charge is 0.350 e. The third-order valence-corrected chi connectivity index (χ3v) is 6.40. The van der Waals surface area contributed by atoms with E-state index in [1.54, 1.807) is 17.8 Å². The molecule has 1 atom stereocenters. The van der Waals surface area contributed by atoms with E-state index in [4.69, 9.17) is 0 Å². The van der Waals surface area contributed by atoms with Crippen molar-refractivity contribution in [2.45, 2.75) is 35.6 Å². The Hall–Kier alpha value is -2.31. The fraction of sp³-hybridized carbons (Fsp3) is 0.333. The molecule has 2 aromatic rings. The number of rotatable bonds is 4. The van der Waals surface area contributed by atoms with E-state index >= 15 is 0 Å². The standard InChI is InChI=1S/C21H23N3O2S/c1-2-24-11-5-6-15(24)13-22-20(25)14-9-10-19-17(12-14)23-21(26)16-7-3-4-8-18(16)27-19/h3-4,7-10,12,15H,2,5-6,11,13H2,1H3,(H,22,25)(H,23,26)/t15-/m1/s1. The van der Waals surface area contributed by atoms with Crippen molar-refractivity contribution >= 4 is 29.3 Å². The molecule has 0 radical (unpaired) electrons. The number of nitrogens with one attached hydrogen (secondary N) is 2. The summed E-state index contributed by atoms with van der Waals surface area (Å²) in [5, 5.41) is 6.00. The fourth-order valence-corrected chi connectivity index (χ4v) is 4.77. The molecule has 140 valence electrons. The van der Waals surface area contributed by atoms with Gasteiger partial charge in [-0.25, -0.2) is 0 Å². The highest BCUT2D eigenvalue weighted by molar-refractivity contribution is 7.99. The first-order valence-electron chi connectivity index (χ1n) is 9.40. The van der Waals surface area contributed by atoms with Crippen molar-refractivity contribution in [3.8, 4) is 0 Å². The van der Waals surface area contributed by atoms with Gasteiger partial charge >= 0.3 is 0 Å². The van der Waals surface area contributed by atoms with Crippen LogP contribution in [0.15, 0.2) is 52.3 Å². The predicted octanol–water partition coefficient (Wildman–Crippen LogP) is 3.62. The zero-order valence-electron chi connectivity index (χ0n) is 15.3. The molecule has 0 saturated carbocycles. The molecule has 0 unspecified atom stereocenters. The van der Waals surface area contributed by atoms with Crippen molar-refractivity contribution in [2.75, 3.05) is 25.0 Å². The van der Waals surface area contributed by atoms with Crippen LogP contribution in [0.1, 0.15) is 40.5 Å². The maximum absolute atomic E-state index is 12.6. The molecule has 0 spiro atoms. The number of benzene rings is 2. The van der Waals surface area contributed by atoms with Gasteiger partial charge in [-0.1, -0.05) is 30.8 Å². The fourth-order valence-electron chi connectivity index (χ4n) is 3.76. The van der Waals surface area contributed by atoms with Crippen LogP contribution < -0.4 is 10.6 Å². The van der Waals surface area contributed by atoms with Gasteiger partial charge in [-0.15, -0.1) is 0 Å². The summed E-state index contributed by atoms with van der Waals surface area (Å²) in [6, 6.07) is 13.5. The second-order valence-electron chi connectivity index (χ2n) is 6.90. The van der Waals surface area contributed by atoms with E-state index in [9.17, 15) is 9.59 Å². The Morgan fingerprint density at radius 2 is 2.11 bits per heavy atom. The van der Waals surface area contributed by atoms with E-state index in [1.165, 1.54) is 6.42 Å². The lowest BCUT2D eigenvalue weighted by Crippen LogP contribution is -2.40. The second-order valence-corrected chi connectivity index (χ2v) is 7.98. The summed E-state index contributed by atoms with van der Waals surface area (Å²) >= 11 is 1.54. The Bertz CT molecular complexity index is 883. The Morgan fingerprint density at radius 3 is 2.96 bits per heavy atom. The number of amides is 2. The predicted molar refractivity (Wildman–Crippen MR) is 108 cm³/mol. The molecule has 6 heteroatoms. The minimum absolute atomic E-state index is 0.0956. The number of hydrogen-bond acceptors (Lipinski definition) is 4. The summed E-state index contributed by atoms with van der Waals surface area (Å²) in [6.07, 6.45) is 2.32. The van der Waals surface area contributed by atoms with E-state index in [0.717, 1.165) is 29.3 Å². The van der Waals surface area contributed by atoms with Crippen LogP contribution in [0.3, 0.4) is 0 Å². The topological polar surface area (TPSA) is 61.4 Å². The Balaban J connectivity index is 1.49. The van der Waals surface area contributed by atoms with Crippen LogP contribution >= 0.6 is 11.8 Å². The van der Waals surface area contributed by atoms with Crippen LogP contribution in [-0.2, 0) is 0 Å². The van der Waals surface area contributed by atoms with Gasteiger partial charge in [0.2, 0.25) is 0 Å². The molecule has 2 aliphatic rings. The first-order chi connectivity index (χ1) is 13.2. The van der Waals surface area contributed by atoms with Crippen LogP contribution in [0.4, 0.5) is 5.69 Å². The number of anilines is 1. The molecule has 0 aromatic heterocycles. The summed E-state index contributed by atoms with van der Waals surface area (Å²) in [6.45, 7) is 4.95. The van der Waals surface area contributed by atoms with Gasteiger partial charge in [0.1, 0.15) is 0 Å². The number of carbonyl (C=O) groups excluding carboxylic acids is 2. The van der Waals surface area contributed by atoms with Gasteiger partial charge in [0.25, 0.3) is 11.8 Å². The van der Waals surface area contributed by atoms with Gasteiger partial charge in [0.05, 0.1) is 11.3 Å². The quantitative estimate of drug-likeness (QED) is 0.849. The van der Waals surface area contributed by atoms with Crippen molar-refractivity contribution in [1.29, 1.82) is 0 Å². The number of likely N-dealkylation sites (tertiary alicyclic amines) is 1. The average Bonchev–Trinajstić information content (AvgIpc) is 3.09.